The van der Waals surface area contributed by atoms with Gasteiger partial charge in [0.2, 0.25) is 0 Å². The average molecular weight is 261 g/mol. The number of hydrogen-bond acceptors (Lipinski definition) is 3. The van der Waals surface area contributed by atoms with Crippen molar-refractivity contribution in [2.75, 3.05) is 19.7 Å². The van der Waals surface area contributed by atoms with Gasteiger partial charge in [-0.25, -0.2) is 4.79 Å². The van der Waals surface area contributed by atoms with Gasteiger partial charge in [-0.05, 0) is 29.7 Å². The zero-order chi connectivity index (χ0) is 13.3. The Bertz CT molecular complexity index is 462. The summed E-state index contributed by atoms with van der Waals surface area (Å²) >= 11 is 0. The molecule has 4 nitrogen and oxygen atoms in total. The number of aliphatic hydroxyl groups is 1. The Morgan fingerprint density at radius 2 is 2.21 bits per heavy atom. The van der Waals surface area contributed by atoms with Crippen molar-refractivity contribution in [3.63, 3.8) is 0 Å². The molecule has 102 valence electrons. The minimum Gasteiger partial charge on any atom is -0.445 e. The van der Waals surface area contributed by atoms with E-state index in [1.54, 1.807) is 4.90 Å². The van der Waals surface area contributed by atoms with Gasteiger partial charge in [0.1, 0.15) is 6.61 Å². The third-order valence-electron chi connectivity index (χ3n) is 4.43. The summed E-state index contributed by atoms with van der Waals surface area (Å²) in [4.78, 5) is 13.7. The highest BCUT2D eigenvalue weighted by atomic mass is 16.6. The van der Waals surface area contributed by atoms with Crippen molar-refractivity contribution in [3.8, 4) is 0 Å². The van der Waals surface area contributed by atoms with Gasteiger partial charge in [0.05, 0.1) is 0 Å². The van der Waals surface area contributed by atoms with Crippen molar-refractivity contribution in [2.45, 2.75) is 19.4 Å². The minimum absolute atomic E-state index is 0.195. The van der Waals surface area contributed by atoms with E-state index in [0.717, 1.165) is 31.5 Å². The molecular weight excluding hydrogens is 242 g/mol. The summed E-state index contributed by atoms with van der Waals surface area (Å²) in [6.45, 7) is 2.06. The van der Waals surface area contributed by atoms with Crippen LogP contribution in [0.3, 0.4) is 0 Å². The van der Waals surface area contributed by atoms with Crippen LogP contribution in [0.4, 0.5) is 4.79 Å². The normalized spacial score (nSPS) is 28.7. The quantitative estimate of drug-likeness (QED) is 0.905. The van der Waals surface area contributed by atoms with Gasteiger partial charge < -0.3 is 14.7 Å². The number of hydrogen-bond donors (Lipinski definition) is 1. The number of benzene rings is 1. The second-order valence-corrected chi connectivity index (χ2v) is 5.66. The van der Waals surface area contributed by atoms with Crippen LogP contribution in [-0.4, -0.2) is 35.8 Å². The highest BCUT2D eigenvalue weighted by Gasteiger charge is 2.57. The van der Waals surface area contributed by atoms with Crippen LogP contribution >= 0.6 is 0 Å². The zero-order valence-electron chi connectivity index (χ0n) is 10.9. The summed E-state index contributed by atoms with van der Waals surface area (Å²) < 4.78 is 5.33. The summed E-state index contributed by atoms with van der Waals surface area (Å²) in [6.07, 6.45) is 1.81. The molecule has 1 heterocycles. The molecule has 19 heavy (non-hydrogen) atoms. The molecule has 2 aliphatic rings. The van der Waals surface area contributed by atoms with Crippen molar-refractivity contribution >= 4 is 6.09 Å². The summed E-state index contributed by atoms with van der Waals surface area (Å²) in [5, 5.41) is 9.17. The molecular formula is C15H19NO3. The van der Waals surface area contributed by atoms with E-state index in [-0.39, 0.29) is 18.1 Å². The van der Waals surface area contributed by atoms with E-state index in [1.165, 1.54) is 0 Å². The monoisotopic (exact) mass is 261 g/mol. The maximum absolute atomic E-state index is 12.0. The fraction of sp³-hybridized carbons (Fsp3) is 0.533. The molecule has 2 fully saturated rings. The van der Waals surface area contributed by atoms with Gasteiger partial charge in [-0.15, -0.1) is 0 Å². The van der Waals surface area contributed by atoms with Crippen LogP contribution in [0.15, 0.2) is 30.3 Å². The molecule has 2 atom stereocenters. The standard InChI is InChI=1S/C15H19NO3/c17-9-13-8-15(13)6-7-16(11-15)14(18)19-10-12-4-2-1-3-5-12/h1-5,13,17H,6-11H2. The first kappa shape index (κ1) is 12.5. The Balaban J connectivity index is 1.50. The van der Waals surface area contributed by atoms with Crippen LogP contribution in [0.5, 0.6) is 0 Å². The van der Waals surface area contributed by atoms with Crippen molar-refractivity contribution in [1.29, 1.82) is 0 Å². The van der Waals surface area contributed by atoms with Crippen molar-refractivity contribution in [3.05, 3.63) is 35.9 Å². The second-order valence-electron chi connectivity index (χ2n) is 5.66. The minimum atomic E-state index is -0.232. The lowest BCUT2D eigenvalue weighted by Crippen LogP contribution is -2.29. The van der Waals surface area contributed by atoms with E-state index in [2.05, 4.69) is 0 Å². The Kier molecular flexibility index (Phi) is 3.19. The number of nitrogens with zero attached hydrogens (tertiary/aromatic N) is 1. The number of ether oxygens (including phenoxy) is 1. The Hall–Kier alpha value is -1.55. The highest BCUT2D eigenvalue weighted by molar-refractivity contribution is 5.68. The second kappa shape index (κ2) is 4.85. The lowest BCUT2D eigenvalue weighted by molar-refractivity contribution is 0.102. The van der Waals surface area contributed by atoms with Gasteiger partial charge in [-0.1, -0.05) is 30.3 Å². The topological polar surface area (TPSA) is 49.8 Å². The predicted octanol–water partition coefficient (Wildman–Crippen LogP) is 2.03. The van der Waals surface area contributed by atoms with Crippen LogP contribution in [0.1, 0.15) is 18.4 Å². The largest absolute Gasteiger partial charge is 0.445 e. The van der Waals surface area contributed by atoms with E-state index in [4.69, 9.17) is 4.74 Å². The molecule has 1 aromatic rings. The molecule has 0 bridgehead atoms. The molecule has 2 unspecified atom stereocenters. The molecule has 1 amide bonds. The van der Waals surface area contributed by atoms with Crippen LogP contribution < -0.4 is 0 Å². The molecule has 3 rings (SSSR count). The van der Waals surface area contributed by atoms with Gasteiger partial charge in [0.15, 0.2) is 0 Å². The molecule has 4 heteroatoms. The Labute approximate surface area is 113 Å². The number of carbonyl (C=O) groups is 1. The first-order valence-corrected chi connectivity index (χ1v) is 6.80. The maximum Gasteiger partial charge on any atom is 0.410 e. The lowest BCUT2D eigenvalue weighted by Gasteiger charge is -2.16. The zero-order valence-corrected chi connectivity index (χ0v) is 10.9. The van der Waals surface area contributed by atoms with Gasteiger partial charge in [-0.2, -0.15) is 0 Å². The third kappa shape index (κ3) is 2.45. The van der Waals surface area contributed by atoms with E-state index >= 15 is 0 Å². The van der Waals surface area contributed by atoms with Gasteiger partial charge in [-0.3, -0.25) is 0 Å². The molecule has 0 radical (unpaired) electrons. The smallest absolute Gasteiger partial charge is 0.410 e. The first-order valence-electron chi connectivity index (χ1n) is 6.80. The van der Waals surface area contributed by atoms with E-state index in [1.807, 2.05) is 30.3 Å². The van der Waals surface area contributed by atoms with Crippen molar-refractivity contribution in [1.82, 2.24) is 4.90 Å². The molecule has 1 saturated carbocycles. The highest BCUT2D eigenvalue weighted by Crippen LogP contribution is 2.58. The summed E-state index contributed by atoms with van der Waals surface area (Å²) in [5.41, 5.74) is 1.20. The molecule has 1 spiro atoms. The molecule has 1 aliphatic carbocycles. The number of amides is 1. The summed E-state index contributed by atoms with van der Waals surface area (Å²) in [7, 11) is 0. The van der Waals surface area contributed by atoms with Crippen LogP contribution in [0.2, 0.25) is 0 Å². The van der Waals surface area contributed by atoms with Crippen LogP contribution in [0.25, 0.3) is 0 Å². The lowest BCUT2D eigenvalue weighted by atomic mass is 10.0. The van der Waals surface area contributed by atoms with Crippen molar-refractivity contribution < 1.29 is 14.6 Å². The SMILES string of the molecule is O=C(OCc1ccccc1)N1CCC2(CC2CO)C1. The van der Waals surface area contributed by atoms with Gasteiger partial charge >= 0.3 is 6.09 Å². The Morgan fingerprint density at radius 1 is 1.42 bits per heavy atom. The predicted molar refractivity (Wildman–Crippen MR) is 70.4 cm³/mol. The molecule has 1 aliphatic heterocycles. The van der Waals surface area contributed by atoms with Crippen LogP contribution in [-0.2, 0) is 11.3 Å². The van der Waals surface area contributed by atoms with E-state index in [9.17, 15) is 9.90 Å². The number of likely N-dealkylation sites (tertiary alicyclic amines) is 1. The first-order chi connectivity index (χ1) is 9.23. The fourth-order valence-electron chi connectivity index (χ4n) is 3.05. The Morgan fingerprint density at radius 3 is 2.89 bits per heavy atom. The molecule has 0 aromatic heterocycles. The number of rotatable bonds is 3. The number of carbonyl (C=O) groups excluding carboxylic acids is 1. The molecule has 1 N–H and O–H groups in total. The molecule has 1 aromatic carbocycles. The van der Waals surface area contributed by atoms with Gasteiger partial charge in [0.25, 0.3) is 0 Å². The number of aliphatic hydroxyl groups excluding tert-OH is 1. The summed E-state index contributed by atoms with van der Waals surface area (Å²) in [6, 6.07) is 9.70. The average Bonchev–Trinajstić information content (AvgIpc) is 2.96. The van der Waals surface area contributed by atoms with Gasteiger partial charge in [0, 0.05) is 19.7 Å². The van der Waals surface area contributed by atoms with E-state index < -0.39 is 0 Å². The third-order valence-corrected chi connectivity index (χ3v) is 4.43. The maximum atomic E-state index is 12.0. The fourth-order valence-corrected chi connectivity index (χ4v) is 3.05. The van der Waals surface area contributed by atoms with Crippen molar-refractivity contribution in [2.24, 2.45) is 11.3 Å². The van der Waals surface area contributed by atoms with E-state index in [0.29, 0.717) is 12.5 Å². The molecule has 1 saturated heterocycles. The van der Waals surface area contributed by atoms with Crippen LogP contribution in [0, 0.1) is 11.3 Å². The summed E-state index contributed by atoms with van der Waals surface area (Å²) in [5.74, 6) is 0.388.